The normalized spacial score (nSPS) is 15.5. The molecule has 2 rings (SSSR count). The lowest BCUT2D eigenvalue weighted by Gasteiger charge is -2.21. The summed E-state index contributed by atoms with van der Waals surface area (Å²) in [5.41, 5.74) is 7.58. The van der Waals surface area contributed by atoms with Crippen molar-refractivity contribution in [3.05, 3.63) is 35.4 Å². The van der Waals surface area contributed by atoms with Gasteiger partial charge in [-0.3, -0.25) is 14.5 Å². The molecule has 1 aliphatic heterocycles. The lowest BCUT2D eigenvalue weighted by molar-refractivity contribution is -0.125. The number of carbonyl (C=O) groups excluding carboxylic acids is 2. The summed E-state index contributed by atoms with van der Waals surface area (Å²) in [5, 5.41) is 5.33. The SMILES string of the molecule is NCC(=O)NCC(=O)NCc1ccccc1CN1CCCCCC1. The van der Waals surface area contributed by atoms with Crippen LogP contribution in [0.25, 0.3) is 0 Å². The highest BCUT2D eigenvalue weighted by atomic mass is 16.2. The highest BCUT2D eigenvalue weighted by Gasteiger charge is 2.12. The molecular formula is C18H28N4O2. The topological polar surface area (TPSA) is 87.5 Å². The molecule has 1 aliphatic rings. The maximum atomic E-state index is 11.8. The van der Waals surface area contributed by atoms with Crippen molar-refractivity contribution in [2.24, 2.45) is 5.73 Å². The summed E-state index contributed by atoms with van der Waals surface area (Å²) >= 11 is 0. The van der Waals surface area contributed by atoms with Gasteiger partial charge >= 0.3 is 0 Å². The predicted molar refractivity (Wildman–Crippen MR) is 94.1 cm³/mol. The van der Waals surface area contributed by atoms with Gasteiger partial charge < -0.3 is 16.4 Å². The Morgan fingerprint density at radius 1 is 0.958 bits per heavy atom. The molecule has 1 heterocycles. The second kappa shape index (κ2) is 10.1. The highest BCUT2D eigenvalue weighted by molar-refractivity contribution is 5.85. The van der Waals surface area contributed by atoms with Gasteiger partial charge in [-0.2, -0.15) is 0 Å². The Hall–Kier alpha value is -1.92. The molecule has 1 aromatic rings. The van der Waals surface area contributed by atoms with Crippen LogP contribution in [0.3, 0.4) is 0 Å². The molecule has 0 aliphatic carbocycles. The van der Waals surface area contributed by atoms with Crippen LogP contribution in [0, 0.1) is 0 Å². The monoisotopic (exact) mass is 332 g/mol. The molecule has 0 bridgehead atoms. The van der Waals surface area contributed by atoms with E-state index in [0.29, 0.717) is 6.54 Å². The number of rotatable bonds is 7. The van der Waals surface area contributed by atoms with Gasteiger partial charge in [0.2, 0.25) is 11.8 Å². The van der Waals surface area contributed by atoms with E-state index in [-0.39, 0.29) is 24.9 Å². The highest BCUT2D eigenvalue weighted by Crippen LogP contribution is 2.16. The first-order valence-electron chi connectivity index (χ1n) is 8.71. The lowest BCUT2D eigenvalue weighted by Crippen LogP contribution is -2.39. The van der Waals surface area contributed by atoms with Crippen LogP contribution in [0.2, 0.25) is 0 Å². The Morgan fingerprint density at radius 2 is 1.62 bits per heavy atom. The lowest BCUT2D eigenvalue weighted by atomic mass is 10.1. The zero-order chi connectivity index (χ0) is 17.2. The number of hydrogen-bond donors (Lipinski definition) is 3. The largest absolute Gasteiger partial charge is 0.350 e. The fourth-order valence-electron chi connectivity index (χ4n) is 2.93. The maximum absolute atomic E-state index is 11.8. The number of nitrogens with one attached hydrogen (secondary N) is 2. The van der Waals surface area contributed by atoms with E-state index in [9.17, 15) is 9.59 Å². The molecular weight excluding hydrogens is 304 g/mol. The van der Waals surface area contributed by atoms with E-state index in [4.69, 9.17) is 5.73 Å². The van der Waals surface area contributed by atoms with E-state index in [1.165, 1.54) is 31.2 Å². The van der Waals surface area contributed by atoms with Crippen LogP contribution in [-0.2, 0) is 22.7 Å². The van der Waals surface area contributed by atoms with Gasteiger partial charge in [0.15, 0.2) is 0 Å². The second-order valence-corrected chi connectivity index (χ2v) is 6.22. The molecule has 2 amide bonds. The summed E-state index contributed by atoms with van der Waals surface area (Å²) < 4.78 is 0. The molecule has 0 atom stereocenters. The van der Waals surface area contributed by atoms with Crippen LogP contribution in [0.5, 0.6) is 0 Å². The van der Waals surface area contributed by atoms with Crippen LogP contribution in [0.1, 0.15) is 36.8 Å². The molecule has 6 nitrogen and oxygen atoms in total. The molecule has 1 saturated heterocycles. The van der Waals surface area contributed by atoms with Gasteiger partial charge in [-0.1, -0.05) is 37.1 Å². The number of nitrogens with two attached hydrogens (primary N) is 1. The van der Waals surface area contributed by atoms with E-state index < -0.39 is 0 Å². The van der Waals surface area contributed by atoms with Crippen LogP contribution in [0.15, 0.2) is 24.3 Å². The van der Waals surface area contributed by atoms with Crippen molar-refractivity contribution in [2.45, 2.75) is 38.8 Å². The van der Waals surface area contributed by atoms with E-state index in [0.717, 1.165) is 25.2 Å². The predicted octanol–water partition coefficient (Wildman–Crippen LogP) is 0.754. The Balaban J connectivity index is 1.86. The van der Waals surface area contributed by atoms with Crippen molar-refractivity contribution < 1.29 is 9.59 Å². The van der Waals surface area contributed by atoms with Gasteiger partial charge in [-0.25, -0.2) is 0 Å². The van der Waals surface area contributed by atoms with Crippen molar-refractivity contribution in [3.8, 4) is 0 Å². The molecule has 0 unspecified atom stereocenters. The van der Waals surface area contributed by atoms with E-state index in [2.05, 4.69) is 21.6 Å². The molecule has 6 heteroatoms. The van der Waals surface area contributed by atoms with Crippen molar-refractivity contribution in [2.75, 3.05) is 26.2 Å². The van der Waals surface area contributed by atoms with Crippen LogP contribution >= 0.6 is 0 Å². The Bertz CT molecular complexity index is 540. The molecule has 132 valence electrons. The molecule has 24 heavy (non-hydrogen) atoms. The Kier molecular flexibility index (Phi) is 7.71. The van der Waals surface area contributed by atoms with Gasteiger partial charge in [-0.15, -0.1) is 0 Å². The number of carbonyl (C=O) groups is 2. The van der Waals surface area contributed by atoms with Crippen molar-refractivity contribution in [3.63, 3.8) is 0 Å². The maximum Gasteiger partial charge on any atom is 0.239 e. The molecule has 0 saturated carbocycles. The van der Waals surface area contributed by atoms with Crippen LogP contribution in [-0.4, -0.2) is 42.9 Å². The summed E-state index contributed by atoms with van der Waals surface area (Å²) in [4.78, 5) is 25.4. The quantitative estimate of drug-likeness (QED) is 0.688. The van der Waals surface area contributed by atoms with Gasteiger partial charge in [0.1, 0.15) is 0 Å². The molecule has 0 radical (unpaired) electrons. The molecule has 1 aromatic carbocycles. The fraction of sp³-hybridized carbons (Fsp3) is 0.556. The standard InChI is InChI=1S/C18H28N4O2/c19-11-17(23)21-13-18(24)20-12-15-7-3-4-8-16(15)14-22-9-5-1-2-6-10-22/h3-4,7-8H,1-2,5-6,9-14,19H2,(H,20,24)(H,21,23). The summed E-state index contributed by atoms with van der Waals surface area (Å²) in [6.07, 6.45) is 5.17. The summed E-state index contributed by atoms with van der Waals surface area (Å²) in [7, 11) is 0. The average molecular weight is 332 g/mol. The zero-order valence-corrected chi connectivity index (χ0v) is 14.2. The number of benzene rings is 1. The third kappa shape index (κ3) is 6.29. The zero-order valence-electron chi connectivity index (χ0n) is 14.2. The Labute approximate surface area is 143 Å². The third-order valence-electron chi connectivity index (χ3n) is 4.32. The fourth-order valence-corrected chi connectivity index (χ4v) is 2.93. The van der Waals surface area contributed by atoms with E-state index in [1.807, 2.05) is 18.2 Å². The van der Waals surface area contributed by atoms with Gasteiger partial charge in [-0.05, 0) is 37.1 Å². The first kappa shape index (κ1) is 18.4. The van der Waals surface area contributed by atoms with Crippen molar-refractivity contribution in [1.82, 2.24) is 15.5 Å². The van der Waals surface area contributed by atoms with E-state index >= 15 is 0 Å². The minimum atomic E-state index is -0.327. The number of amides is 2. The first-order chi connectivity index (χ1) is 11.7. The molecule has 1 fully saturated rings. The summed E-state index contributed by atoms with van der Waals surface area (Å²) in [6, 6.07) is 8.21. The molecule has 4 N–H and O–H groups in total. The minimum Gasteiger partial charge on any atom is -0.350 e. The summed E-state index contributed by atoms with van der Waals surface area (Å²) in [5.74, 6) is -0.534. The van der Waals surface area contributed by atoms with Crippen LogP contribution < -0.4 is 16.4 Å². The van der Waals surface area contributed by atoms with Gasteiger partial charge in [0, 0.05) is 13.1 Å². The minimum absolute atomic E-state index is 0.0374. The van der Waals surface area contributed by atoms with Gasteiger partial charge in [0.25, 0.3) is 0 Å². The average Bonchev–Trinajstić information content (AvgIpc) is 2.87. The third-order valence-corrected chi connectivity index (χ3v) is 4.32. The van der Waals surface area contributed by atoms with E-state index in [1.54, 1.807) is 0 Å². The molecule has 0 aromatic heterocycles. The second-order valence-electron chi connectivity index (χ2n) is 6.22. The number of likely N-dealkylation sites (tertiary alicyclic amines) is 1. The van der Waals surface area contributed by atoms with Crippen molar-refractivity contribution >= 4 is 11.8 Å². The molecule has 0 spiro atoms. The smallest absolute Gasteiger partial charge is 0.239 e. The number of hydrogen-bond acceptors (Lipinski definition) is 4. The summed E-state index contributed by atoms with van der Waals surface area (Å²) in [6.45, 7) is 3.55. The van der Waals surface area contributed by atoms with Crippen LogP contribution in [0.4, 0.5) is 0 Å². The number of nitrogens with zero attached hydrogens (tertiary/aromatic N) is 1. The Morgan fingerprint density at radius 3 is 2.29 bits per heavy atom. The first-order valence-corrected chi connectivity index (χ1v) is 8.71. The van der Waals surface area contributed by atoms with Crippen molar-refractivity contribution in [1.29, 1.82) is 0 Å². The van der Waals surface area contributed by atoms with Gasteiger partial charge in [0.05, 0.1) is 13.1 Å².